The maximum absolute atomic E-state index is 11.4. The fourth-order valence-electron chi connectivity index (χ4n) is 3.14. The fraction of sp³-hybridized carbons (Fsp3) is 0.529. The van der Waals surface area contributed by atoms with Gasteiger partial charge in [-0.2, -0.15) is 0 Å². The van der Waals surface area contributed by atoms with Gasteiger partial charge in [-0.05, 0) is 44.9 Å². The Morgan fingerprint density at radius 1 is 1.43 bits per heavy atom. The summed E-state index contributed by atoms with van der Waals surface area (Å²) in [7, 11) is 0. The molecule has 2 aromatic rings. The highest BCUT2D eigenvalue weighted by atomic mass is 16.3. The van der Waals surface area contributed by atoms with Gasteiger partial charge < -0.3 is 19.6 Å². The summed E-state index contributed by atoms with van der Waals surface area (Å²) < 4.78 is 7.88. The quantitative estimate of drug-likeness (QED) is 0.914. The lowest BCUT2D eigenvalue weighted by Crippen LogP contribution is -2.42. The molecular weight excluding hydrogens is 292 g/mol. The molecule has 1 fully saturated rings. The van der Waals surface area contributed by atoms with E-state index in [0.717, 1.165) is 61.9 Å². The van der Waals surface area contributed by atoms with Crippen molar-refractivity contribution >= 4 is 5.91 Å². The number of imidazole rings is 1. The van der Waals surface area contributed by atoms with E-state index < -0.39 is 0 Å². The first kappa shape index (κ1) is 15.8. The molecular formula is C17H24N4O2. The highest BCUT2D eigenvalue weighted by Crippen LogP contribution is 2.24. The van der Waals surface area contributed by atoms with Crippen molar-refractivity contribution < 1.29 is 9.21 Å². The smallest absolute Gasteiger partial charge is 0.221 e. The predicted octanol–water partition coefficient (Wildman–Crippen LogP) is 1.96. The lowest BCUT2D eigenvalue weighted by molar-refractivity contribution is -0.123. The molecule has 0 saturated carbocycles. The van der Waals surface area contributed by atoms with E-state index in [1.807, 2.05) is 26.1 Å². The van der Waals surface area contributed by atoms with E-state index in [-0.39, 0.29) is 11.8 Å². The Kier molecular flexibility index (Phi) is 4.52. The van der Waals surface area contributed by atoms with Crippen LogP contribution in [0.5, 0.6) is 0 Å². The lowest BCUT2D eigenvalue weighted by atomic mass is 9.97. The summed E-state index contributed by atoms with van der Waals surface area (Å²) in [6.45, 7) is 7.48. The third kappa shape index (κ3) is 3.47. The molecule has 1 saturated heterocycles. The van der Waals surface area contributed by atoms with E-state index >= 15 is 0 Å². The fourth-order valence-corrected chi connectivity index (χ4v) is 3.14. The summed E-state index contributed by atoms with van der Waals surface area (Å²) in [4.78, 5) is 18.1. The highest BCUT2D eigenvalue weighted by molar-refractivity contribution is 5.76. The Labute approximate surface area is 136 Å². The number of carbonyl (C=O) groups excluding carboxylic acids is 1. The van der Waals surface area contributed by atoms with Crippen LogP contribution in [0.2, 0.25) is 0 Å². The van der Waals surface area contributed by atoms with Gasteiger partial charge in [0.25, 0.3) is 0 Å². The maximum Gasteiger partial charge on any atom is 0.221 e. The summed E-state index contributed by atoms with van der Waals surface area (Å²) in [5.74, 6) is 2.39. The predicted molar refractivity (Wildman–Crippen MR) is 87.8 cm³/mol. The minimum Gasteiger partial charge on any atom is -0.458 e. The first-order valence-electron chi connectivity index (χ1n) is 8.15. The summed E-state index contributed by atoms with van der Waals surface area (Å²) in [6.07, 6.45) is 5.71. The first-order valence-corrected chi connectivity index (χ1v) is 8.15. The van der Waals surface area contributed by atoms with Crippen LogP contribution in [0.1, 0.15) is 24.2 Å². The number of hydrogen-bond acceptors (Lipinski definition) is 4. The number of primary amides is 1. The topological polar surface area (TPSA) is 77.3 Å². The van der Waals surface area contributed by atoms with E-state index in [0.29, 0.717) is 0 Å². The number of piperidine rings is 1. The molecule has 3 rings (SSSR count). The van der Waals surface area contributed by atoms with E-state index in [9.17, 15) is 4.79 Å². The SMILES string of the molecule is Cc1cc(-c2nccn2CCN2CCC[C@@H](C(N)=O)C2)oc1C. The number of nitrogens with zero attached hydrogens (tertiary/aromatic N) is 3. The number of aromatic nitrogens is 2. The molecule has 124 valence electrons. The average molecular weight is 316 g/mol. The van der Waals surface area contributed by atoms with Crippen molar-refractivity contribution in [2.24, 2.45) is 11.7 Å². The molecule has 2 N–H and O–H groups in total. The van der Waals surface area contributed by atoms with Gasteiger partial charge in [-0.3, -0.25) is 4.79 Å². The van der Waals surface area contributed by atoms with Gasteiger partial charge in [-0.1, -0.05) is 0 Å². The van der Waals surface area contributed by atoms with E-state index in [1.54, 1.807) is 6.20 Å². The summed E-state index contributed by atoms with van der Waals surface area (Å²) in [5.41, 5.74) is 6.58. The van der Waals surface area contributed by atoms with Gasteiger partial charge in [0, 0.05) is 32.0 Å². The number of aryl methyl sites for hydroxylation is 2. The molecule has 0 aromatic carbocycles. The number of amides is 1. The molecule has 0 radical (unpaired) electrons. The number of likely N-dealkylation sites (tertiary alicyclic amines) is 1. The normalized spacial score (nSPS) is 19.1. The monoisotopic (exact) mass is 316 g/mol. The zero-order chi connectivity index (χ0) is 16.4. The zero-order valence-electron chi connectivity index (χ0n) is 13.8. The Bertz CT molecular complexity index is 669. The van der Waals surface area contributed by atoms with Crippen molar-refractivity contribution in [3.63, 3.8) is 0 Å². The van der Waals surface area contributed by atoms with Crippen LogP contribution < -0.4 is 5.73 Å². The van der Waals surface area contributed by atoms with Gasteiger partial charge in [0.2, 0.25) is 5.91 Å². The van der Waals surface area contributed by atoms with Crippen LogP contribution in [0.3, 0.4) is 0 Å². The second kappa shape index (κ2) is 6.58. The molecule has 3 heterocycles. The van der Waals surface area contributed by atoms with E-state index in [4.69, 9.17) is 10.2 Å². The van der Waals surface area contributed by atoms with Gasteiger partial charge in [0.05, 0.1) is 5.92 Å². The van der Waals surface area contributed by atoms with E-state index in [2.05, 4.69) is 14.5 Å². The van der Waals surface area contributed by atoms with Crippen LogP contribution in [0.15, 0.2) is 22.9 Å². The minimum atomic E-state index is -0.181. The van der Waals surface area contributed by atoms with Crippen LogP contribution in [-0.4, -0.2) is 40.0 Å². The minimum absolute atomic E-state index is 0.0126. The average Bonchev–Trinajstić information content (AvgIpc) is 3.12. The zero-order valence-corrected chi connectivity index (χ0v) is 13.8. The lowest BCUT2D eigenvalue weighted by Gasteiger charge is -2.31. The number of carbonyl (C=O) groups is 1. The van der Waals surface area contributed by atoms with Gasteiger partial charge >= 0.3 is 0 Å². The van der Waals surface area contributed by atoms with Crippen molar-refractivity contribution in [1.29, 1.82) is 0 Å². The second-order valence-electron chi connectivity index (χ2n) is 6.34. The number of rotatable bonds is 5. The Morgan fingerprint density at radius 3 is 2.96 bits per heavy atom. The molecule has 1 atom stereocenters. The van der Waals surface area contributed by atoms with Crippen molar-refractivity contribution in [2.75, 3.05) is 19.6 Å². The van der Waals surface area contributed by atoms with Gasteiger partial charge in [0.1, 0.15) is 5.76 Å². The van der Waals surface area contributed by atoms with Gasteiger partial charge in [-0.15, -0.1) is 0 Å². The number of nitrogens with two attached hydrogens (primary N) is 1. The molecule has 0 aliphatic carbocycles. The molecule has 6 heteroatoms. The molecule has 1 aliphatic rings. The standard InChI is InChI=1S/C17H24N4O2/c1-12-10-15(23-13(12)2)17-19-5-7-21(17)9-8-20-6-3-4-14(11-20)16(18)22/h5,7,10,14H,3-4,6,8-9,11H2,1-2H3,(H2,18,22)/t14-/m1/s1. The number of furan rings is 1. The van der Waals surface area contributed by atoms with Crippen molar-refractivity contribution in [3.8, 4) is 11.6 Å². The molecule has 0 spiro atoms. The number of hydrogen-bond donors (Lipinski definition) is 1. The Morgan fingerprint density at radius 2 is 2.26 bits per heavy atom. The third-order valence-corrected chi connectivity index (χ3v) is 4.67. The molecule has 0 unspecified atom stereocenters. The Hall–Kier alpha value is -2.08. The van der Waals surface area contributed by atoms with Crippen LogP contribution in [0.25, 0.3) is 11.6 Å². The summed E-state index contributed by atoms with van der Waals surface area (Å²) in [6, 6.07) is 2.03. The molecule has 1 amide bonds. The van der Waals surface area contributed by atoms with Gasteiger partial charge in [-0.25, -0.2) is 4.98 Å². The van der Waals surface area contributed by atoms with Gasteiger partial charge in [0.15, 0.2) is 11.6 Å². The first-order chi connectivity index (χ1) is 11.0. The third-order valence-electron chi connectivity index (χ3n) is 4.67. The van der Waals surface area contributed by atoms with Crippen molar-refractivity contribution in [2.45, 2.75) is 33.2 Å². The Balaban J connectivity index is 1.65. The van der Waals surface area contributed by atoms with E-state index in [1.165, 1.54) is 0 Å². The molecule has 6 nitrogen and oxygen atoms in total. The molecule has 23 heavy (non-hydrogen) atoms. The van der Waals surface area contributed by atoms with Crippen molar-refractivity contribution in [1.82, 2.24) is 14.5 Å². The molecule has 2 aromatic heterocycles. The van der Waals surface area contributed by atoms with Crippen molar-refractivity contribution in [3.05, 3.63) is 29.8 Å². The van der Waals surface area contributed by atoms with Crippen LogP contribution in [0, 0.1) is 19.8 Å². The second-order valence-corrected chi connectivity index (χ2v) is 6.34. The molecule has 0 bridgehead atoms. The highest BCUT2D eigenvalue weighted by Gasteiger charge is 2.23. The summed E-state index contributed by atoms with van der Waals surface area (Å²) in [5, 5.41) is 0. The van der Waals surface area contributed by atoms with Crippen LogP contribution in [0.4, 0.5) is 0 Å². The molecule has 1 aliphatic heterocycles. The summed E-state index contributed by atoms with van der Waals surface area (Å²) >= 11 is 0. The maximum atomic E-state index is 11.4. The largest absolute Gasteiger partial charge is 0.458 e. The van der Waals surface area contributed by atoms with Crippen LogP contribution >= 0.6 is 0 Å². The van der Waals surface area contributed by atoms with Crippen LogP contribution in [-0.2, 0) is 11.3 Å².